The van der Waals surface area contributed by atoms with Crippen molar-refractivity contribution in [2.75, 3.05) is 13.2 Å². The van der Waals surface area contributed by atoms with Gasteiger partial charge in [0.2, 0.25) is 0 Å². The van der Waals surface area contributed by atoms with Crippen molar-refractivity contribution in [1.82, 2.24) is 0 Å². The van der Waals surface area contributed by atoms with Crippen molar-refractivity contribution in [2.24, 2.45) is 5.73 Å². The summed E-state index contributed by atoms with van der Waals surface area (Å²) in [4.78, 5) is 11.5. The Bertz CT molecular complexity index is 171. The maximum Gasteiger partial charge on any atom is 0.335 e. The average molecular weight is 217 g/mol. The van der Waals surface area contributed by atoms with Gasteiger partial charge in [-0.2, -0.15) is 0 Å². The zero-order valence-electron chi connectivity index (χ0n) is 9.99. The Balaban J connectivity index is 3.92. The Kier molecular flexibility index (Phi) is 8.33. The van der Waals surface area contributed by atoms with Gasteiger partial charge in [0.25, 0.3) is 0 Å². The van der Waals surface area contributed by atoms with Crippen molar-refractivity contribution in [1.29, 1.82) is 0 Å². The van der Waals surface area contributed by atoms with Gasteiger partial charge in [0.1, 0.15) is 0 Å². The van der Waals surface area contributed by atoms with Gasteiger partial charge < -0.3 is 15.2 Å². The minimum absolute atomic E-state index is 0.0141. The summed E-state index contributed by atoms with van der Waals surface area (Å²) in [6, 6.07) is 0. The Morgan fingerprint density at radius 3 is 2.53 bits per heavy atom. The van der Waals surface area contributed by atoms with Crippen molar-refractivity contribution in [3.63, 3.8) is 0 Å². The lowest BCUT2D eigenvalue weighted by molar-refractivity contribution is -0.160. The highest BCUT2D eigenvalue weighted by atomic mass is 16.6. The number of carbonyl (C=O) groups excluding carboxylic acids is 1. The zero-order chi connectivity index (χ0) is 11.7. The molecule has 0 saturated heterocycles. The number of rotatable bonds is 8. The van der Waals surface area contributed by atoms with Crippen LogP contribution in [0.1, 0.15) is 40.0 Å². The van der Waals surface area contributed by atoms with E-state index in [1.807, 2.05) is 13.8 Å². The molecule has 0 rings (SSSR count). The molecule has 1 atom stereocenters. The summed E-state index contributed by atoms with van der Waals surface area (Å²) in [5.41, 5.74) is 5.41. The molecule has 0 aliphatic rings. The summed E-state index contributed by atoms with van der Waals surface area (Å²) in [6.45, 7) is 6.74. The Labute approximate surface area is 92.1 Å². The van der Waals surface area contributed by atoms with Gasteiger partial charge in [-0.05, 0) is 33.2 Å². The quantitative estimate of drug-likeness (QED) is 0.494. The number of ether oxygens (including phenoxy) is 2. The Morgan fingerprint density at radius 2 is 2.07 bits per heavy atom. The topological polar surface area (TPSA) is 61.5 Å². The predicted octanol–water partition coefficient (Wildman–Crippen LogP) is 1.47. The second kappa shape index (κ2) is 8.68. The summed E-state index contributed by atoms with van der Waals surface area (Å²) < 4.78 is 10.5. The standard InChI is InChI=1S/C11H23NO3/c1-4-5-8-14-11(13)10(6-7-12)15-9(2)3/h9-10H,4-8,12H2,1-3H3. The molecule has 0 bridgehead atoms. The maximum absolute atomic E-state index is 11.5. The zero-order valence-corrected chi connectivity index (χ0v) is 9.99. The van der Waals surface area contributed by atoms with Crippen LogP contribution < -0.4 is 5.73 Å². The van der Waals surface area contributed by atoms with Gasteiger partial charge in [-0.15, -0.1) is 0 Å². The fraction of sp³-hybridized carbons (Fsp3) is 0.909. The van der Waals surface area contributed by atoms with E-state index >= 15 is 0 Å². The molecule has 90 valence electrons. The molecule has 0 aromatic rings. The molecule has 0 heterocycles. The normalized spacial score (nSPS) is 12.9. The number of hydrogen-bond donors (Lipinski definition) is 1. The summed E-state index contributed by atoms with van der Waals surface area (Å²) in [5, 5.41) is 0. The number of unbranched alkanes of at least 4 members (excludes halogenated alkanes) is 1. The number of nitrogens with two attached hydrogens (primary N) is 1. The van der Waals surface area contributed by atoms with E-state index in [9.17, 15) is 4.79 Å². The second-order valence-electron chi connectivity index (χ2n) is 3.77. The van der Waals surface area contributed by atoms with E-state index in [0.717, 1.165) is 12.8 Å². The van der Waals surface area contributed by atoms with E-state index in [2.05, 4.69) is 6.92 Å². The lowest BCUT2D eigenvalue weighted by Crippen LogP contribution is -2.31. The smallest absolute Gasteiger partial charge is 0.335 e. The van der Waals surface area contributed by atoms with Crippen LogP contribution in [0.25, 0.3) is 0 Å². The summed E-state index contributed by atoms with van der Waals surface area (Å²) in [5.74, 6) is -0.289. The molecule has 0 saturated carbocycles. The van der Waals surface area contributed by atoms with Crippen molar-refractivity contribution in [3.8, 4) is 0 Å². The van der Waals surface area contributed by atoms with Crippen LogP contribution in [-0.2, 0) is 14.3 Å². The highest BCUT2D eigenvalue weighted by molar-refractivity contribution is 5.74. The van der Waals surface area contributed by atoms with E-state index in [1.165, 1.54) is 0 Å². The van der Waals surface area contributed by atoms with Crippen LogP contribution in [0, 0.1) is 0 Å². The minimum atomic E-state index is -0.508. The largest absolute Gasteiger partial charge is 0.464 e. The van der Waals surface area contributed by atoms with Gasteiger partial charge in [0.15, 0.2) is 6.10 Å². The third-order valence-electron chi connectivity index (χ3n) is 1.87. The predicted molar refractivity (Wildman–Crippen MR) is 59.5 cm³/mol. The molecule has 0 amide bonds. The SMILES string of the molecule is CCCCOC(=O)C(CCN)OC(C)C. The van der Waals surface area contributed by atoms with Gasteiger partial charge in [-0.1, -0.05) is 13.3 Å². The molecule has 2 N–H and O–H groups in total. The maximum atomic E-state index is 11.5. The molecule has 0 aliphatic heterocycles. The average Bonchev–Trinajstić information content (AvgIpc) is 2.17. The van der Waals surface area contributed by atoms with E-state index in [-0.39, 0.29) is 12.1 Å². The van der Waals surface area contributed by atoms with Crippen LogP contribution in [0.5, 0.6) is 0 Å². The molecule has 0 aromatic carbocycles. The summed E-state index contributed by atoms with van der Waals surface area (Å²) >= 11 is 0. The second-order valence-corrected chi connectivity index (χ2v) is 3.77. The molecule has 0 aliphatic carbocycles. The number of carbonyl (C=O) groups is 1. The molecule has 15 heavy (non-hydrogen) atoms. The van der Waals surface area contributed by atoms with Crippen LogP contribution in [-0.4, -0.2) is 31.3 Å². The highest BCUT2D eigenvalue weighted by Crippen LogP contribution is 2.05. The molecule has 4 heteroatoms. The van der Waals surface area contributed by atoms with Crippen LogP contribution in [0.3, 0.4) is 0 Å². The lowest BCUT2D eigenvalue weighted by atomic mass is 10.2. The first-order valence-electron chi connectivity index (χ1n) is 5.64. The first kappa shape index (κ1) is 14.4. The molecule has 1 unspecified atom stereocenters. The summed E-state index contributed by atoms with van der Waals surface area (Å²) in [7, 11) is 0. The van der Waals surface area contributed by atoms with Gasteiger partial charge in [-0.25, -0.2) is 4.79 Å². The third kappa shape index (κ3) is 7.33. The van der Waals surface area contributed by atoms with E-state index in [0.29, 0.717) is 19.6 Å². The lowest BCUT2D eigenvalue weighted by Gasteiger charge is -2.18. The van der Waals surface area contributed by atoms with Crippen LogP contribution in [0.4, 0.5) is 0 Å². The number of hydrogen-bond acceptors (Lipinski definition) is 4. The van der Waals surface area contributed by atoms with Gasteiger partial charge >= 0.3 is 5.97 Å². The van der Waals surface area contributed by atoms with E-state index < -0.39 is 6.10 Å². The number of esters is 1. The highest BCUT2D eigenvalue weighted by Gasteiger charge is 2.20. The van der Waals surface area contributed by atoms with Gasteiger partial charge in [-0.3, -0.25) is 0 Å². The first-order valence-corrected chi connectivity index (χ1v) is 5.64. The van der Waals surface area contributed by atoms with Crippen LogP contribution in [0.15, 0.2) is 0 Å². The van der Waals surface area contributed by atoms with Gasteiger partial charge in [0.05, 0.1) is 12.7 Å². The molecule has 0 spiro atoms. The van der Waals surface area contributed by atoms with Gasteiger partial charge in [0, 0.05) is 0 Å². The van der Waals surface area contributed by atoms with E-state index in [1.54, 1.807) is 0 Å². The van der Waals surface area contributed by atoms with E-state index in [4.69, 9.17) is 15.2 Å². The molecule has 0 fully saturated rings. The van der Waals surface area contributed by atoms with Crippen LogP contribution in [0.2, 0.25) is 0 Å². The van der Waals surface area contributed by atoms with Crippen molar-refractivity contribution in [2.45, 2.75) is 52.2 Å². The van der Waals surface area contributed by atoms with Crippen molar-refractivity contribution in [3.05, 3.63) is 0 Å². The first-order chi connectivity index (χ1) is 7.11. The minimum Gasteiger partial charge on any atom is -0.464 e. The Morgan fingerprint density at radius 1 is 1.40 bits per heavy atom. The fourth-order valence-electron chi connectivity index (χ4n) is 1.13. The molecule has 0 radical (unpaired) electrons. The van der Waals surface area contributed by atoms with Crippen molar-refractivity contribution < 1.29 is 14.3 Å². The third-order valence-corrected chi connectivity index (χ3v) is 1.87. The Hall–Kier alpha value is -0.610. The molecule has 0 aromatic heterocycles. The molecule has 4 nitrogen and oxygen atoms in total. The molecular weight excluding hydrogens is 194 g/mol. The monoisotopic (exact) mass is 217 g/mol. The fourth-order valence-corrected chi connectivity index (χ4v) is 1.13. The molecular formula is C11H23NO3. The summed E-state index contributed by atoms with van der Waals surface area (Å²) in [6.07, 6.45) is 1.93. The van der Waals surface area contributed by atoms with Crippen LogP contribution >= 0.6 is 0 Å². The van der Waals surface area contributed by atoms with Crippen molar-refractivity contribution >= 4 is 5.97 Å².